The van der Waals surface area contributed by atoms with Crippen LogP contribution in [0.2, 0.25) is 5.02 Å². The third-order valence-corrected chi connectivity index (χ3v) is 2.28. The van der Waals surface area contributed by atoms with Crippen molar-refractivity contribution in [3.63, 3.8) is 0 Å². The van der Waals surface area contributed by atoms with Gasteiger partial charge in [0.1, 0.15) is 0 Å². The van der Waals surface area contributed by atoms with E-state index in [1.807, 2.05) is 0 Å². The molecule has 0 aliphatic heterocycles. The van der Waals surface area contributed by atoms with Crippen LogP contribution in [0.5, 0.6) is 0 Å². The van der Waals surface area contributed by atoms with Crippen molar-refractivity contribution in [3.05, 3.63) is 34.3 Å². The van der Waals surface area contributed by atoms with E-state index in [0.717, 1.165) is 12.1 Å². The summed E-state index contributed by atoms with van der Waals surface area (Å²) in [6, 6.07) is 2.79. The number of carbonyl (C=O) groups is 1. The summed E-state index contributed by atoms with van der Waals surface area (Å²) in [6.07, 6.45) is -7.22. The molecule has 0 aliphatic carbocycles. The molecular weight excluding hydrogens is 261 g/mol. The van der Waals surface area contributed by atoms with E-state index >= 15 is 0 Å². The second-order valence-electron chi connectivity index (χ2n) is 3.34. The highest BCUT2D eigenvalue weighted by molar-refractivity contribution is 6.30. The minimum absolute atomic E-state index is 0.136. The molecule has 1 rings (SSSR count). The lowest BCUT2D eigenvalue weighted by Crippen LogP contribution is -2.14. The van der Waals surface area contributed by atoms with E-state index in [0.29, 0.717) is 6.07 Å². The lowest BCUT2D eigenvalue weighted by Gasteiger charge is -2.16. The number of aliphatic hydroxyl groups excluding tert-OH is 1. The molecule has 3 nitrogen and oxygen atoms in total. The van der Waals surface area contributed by atoms with E-state index < -0.39 is 35.8 Å². The molecule has 0 aromatic heterocycles. The zero-order chi connectivity index (χ0) is 13.2. The van der Waals surface area contributed by atoms with Crippen molar-refractivity contribution in [2.75, 3.05) is 0 Å². The Morgan fingerprint density at radius 2 is 2.00 bits per heavy atom. The Balaban J connectivity index is 3.19. The maximum absolute atomic E-state index is 12.6. The third-order valence-electron chi connectivity index (χ3n) is 2.05. The van der Waals surface area contributed by atoms with Crippen LogP contribution in [-0.4, -0.2) is 16.2 Å². The fourth-order valence-electron chi connectivity index (χ4n) is 1.34. The number of rotatable bonds is 3. The fourth-order valence-corrected chi connectivity index (χ4v) is 1.51. The Hall–Kier alpha value is -1.27. The fraction of sp³-hybridized carbons (Fsp3) is 0.300. The largest absolute Gasteiger partial charge is 0.481 e. The summed E-state index contributed by atoms with van der Waals surface area (Å²) in [5.74, 6) is -1.39. The normalized spacial score (nSPS) is 13.5. The van der Waals surface area contributed by atoms with Crippen molar-refractivity contribution >= 4 is 17.6 Å². The van der Waals surface area contributed by atoms with Crippen LogP contribution in [0.15, 0.2) is 18.2 Å². The first kappa shape index (κ1) is 13.8. The number of aliphatic carboxylic acids is 1. The number of hydrogen-bond acceptors (Lipinski definition) is 2. The summed E-state index contributed by atoms with van der Waals surface area (Å²) >= 11 is 5.44. The molecule has 0 saturated carbocycles. The number of benzene rings is 1. The van der Waals surface area contributed by atoms with Gasteiger partial charge in [0.15, 0.2) is 0 Å². The quantitative estimate of drug-likeness (QED) is 0.886. The highest BCUT2D eigenvalue weighted by Crippen LogP contribution is 2.36. The molecule has 0 aliphatic rings. The molecule has 94 valence electrons. The van der Waals surface area contributed by atoms with Gasteiger partial charge in [-0.15, -0.1) is 0 Å². The van der Waals surface area contributed by atoms with E-state index in [1.54, 1.807) is 0 Å². The van der Waals surface area contributed by atoms with Crippen LogP contribution >= 0.6 is 11.6 Å². The summed E-state index contributed by atoms with van der Waals surface area (Å²) < 4.78 is 37.8. The summed E-state index contributed by atoms with van der Waals surface area (Å²) in [5, 5.41) is 17.7. The zero-order valence-electron chi connectivity index (χ0n) is 8.33. The molecule has 17 heavy (non-hydrogen) atoms. The van der Waals surface area contributed by atoms with Crippen molar-refractivity contribution in [2.45, 2.75) is 18.7 Å². The molecule has 2 N–H and O–H groups in total. The van der Waals surface area contributed by atoms with Gasteiger partial charge in [-0.1, -0.05) is 17.7 Å². The second-order valence-corrected chi connectivity index (χ2v) is 3.78. The van der Waals surface area contributed by atoms with Crippen molar-refractivity contribution in [2.24, 2.45) is 0 Å². The van der Waals surface area contributed by atoms with Crippen LogP contribution in [0.1, 0.15) is 23.7 Å². The van der Waals surface area contributed by atoms with Gasteiger partial charge in [0.25, 0.3) is 0 Å². The number of alkyl halides is 3. The molecule has 0 amide bonds. The molecule has 0 unspecified atom stereocenters. The van der Waals surface area contributed by atoms with Crippen LogP contribution in [0.3, 0.4) is 0 Å². The van der Waals surface area contributed by atoms with Gasteiger partial charge in [-0.3, -0.25) is 4.79 Å². The van der Waals surface area contributed by atoms with Crippen LogP contribution in [0.25, 0.3) is 0 Å². The van der Waals surface area contributed by atoms with Crippen LogP contribution < -0.4 is 0 Å². The number of hydrogen-bond donors (Lipinski definition) is 2. The molecule has 1 atom stereocenters. The SMILES string of the molecule is O=C(O)C[C@H](O)c1ccc(Cl)cc1C(F)(F)F. The molecule has 1 aromatic carbocycles. The van der Waals surface area contributed by atoms with E-state index in [2.05, 4.69) is 0 Å². The molecule has 7 heteroatoms. The first-order valence-corrected chi connectivity index (χ1v) is 4.86. The monoisotopic (exact) mass is 268 g/mol. The molecule has 0 saturated heterocycles. The highest BCUT2D eigenvalue weighted by Gasteiger charge is 2.35. The minimum Gasteiger partial charge on any atom is -0.481 e. The van der Waals surface area contributed by atoms with Crippen LogP contribution in [-0.2, 0) is 11.0 Å². The molecule has 0 spiro atoms. The predicted molar refractivity (Wildman–Crippen MR) is 53.7 cm³/mol. The Kier molecular flexibility index (Phi) is 4.00. The molecular formula is C10H8ClF3O3. The average molecular weight is 269 g/mol. The molecule has 0 radical (unpaired) electrons. The first-order valence-electron chi connectivity index (χ1n) is 4.48. The summed E-state index contributed by atoms with van der Waals surface area (Å²) in [6.45, 7) is 0. The van der Waals surface area contributed by atoms with Crippen LogP contribution in [0.4, 0.5) is 13.2 Å². The Morgan fingerprint density at radius 1 is 1.41 bits per heavy atom. The Labute approximate surface area is 99.4 Å². The number of halogens is 4. The number of carboxylic acids is 1. The van der Waals surface area contributed by atoms with Crippen molar-refractivity contribution < 1.29 is 28.2 Å². The smallest absolute Gasteiger partial charge is 0.416 e. The van der Waals surface area contributed by atoms with Gasteiger partial charge >= 0.3 is 12.1 Å². The van der Waals surface area contributed by atoms with Crippen molar-refractivity contribution in [1.82, 2.24) is 0 Å². The van der Waals surface area contributed by atoms with Gasteiger partial charge in [-0.05, 0) is 17.7 Å². The van der Waals surface area contributed by atoms with E-state index in [4.69, 9.17) is 16.7 Å². The third kappa shape index (κ3) is 3.61. The zero-order valence-corrected chi connectivity index (χ0v) is 9.09. The topological polar surface area (TPSA) is 57.5 Å². The van der Waals surface area contributed by atoms with E-state index in [1.165, 1.54) is 0 Å². The summed E-state index contributed by atoms with van der Waals surface area (Å²) in [4.78, 5) is 10.3. The highest BCUT2D eigenvalue weighted by atomic mass is 35.5. The number of aliphatic hydroxyl groups is 1. The first-order chi connectivity index (χ1) is 7.71. The minimum atomic E-state index is -4.69. The van der Waals surface area contributed by atoms with Gasteiger partial charge in [0.2, 0.25) is 0 Å². The van der Waals surface area contributed by atoms with Crippen molar-refractivity contribution in [1.29, 1.82) is 0 Å². The van der Waals surface area contributed by atoms with Crippen molar-refractivity contribution in [3.8, 4) is 0 Å². The molecule has 0 heterocycles. The molecule has 0 fully saturated rings. The Morgan fingerprint density at radius 3 is 2.47 bits per heavy atom. The van der Waals surface area contributed by atoms with E-state index in [-0.39, 0.29) is 5.02 Å². The lowest BCUT2D eigenvalue weighted by molar-refractivity contribution is -0.143. The Bertz CT molecular complexity index is 431. The average Bonchev–Trinajstić information content (AvgIpc) is 2.14. The predicted octanol–water partition coefficient (Wildman–Crippen LogP) is 2.87. The summed E-state index contributed by atoms with van der Waals surface area (Å²) in [5.41, 5.74) is -1.62. The standard InChI is InChI=1S/C10H8ClF3O3/c11-5-1-2-6(8(15)4-9(16)17)7(3-5)10(12,13)14/h1-3,8,15H,4H2,(H,16,17)/t8-/m0/s1. The lowest BCUT2D eigenvalue weighted by atomic mass is 10.00. The van der Waals surface area contributed by atoms with Gasteiger partial charge in [-0.25, -0.2) is 0 Å². The maximum Gasteiger partial charge on any atom is 0.416 e. The van der Waals surface area contributed by atoms with Crippen LogP contribution in [0, 0.1) is 0 Å². The van der Waals surface area contributed by atoms with Gasteiger partial charge in [0, 0.05) is 5.02 Å². The van der Waals surface area contributed by atoms with Gasteiger partial charge < -0.3 is 10.2 Å². The number of carboxylic acid groups (broad SMARTS) is 1. The maximum atomic E-state index is 12.6. The molecule has 1 aromatic rings. The second kappa shape index (κ2) is 4.93. The summed E-state index contributed by atoms with van der Waals surface area (Å²) in [7, 11) is 0. The van der Waals surface area contributed by atoms with Gasteiger partial charge in [0.05, 0.1) is 18.1 Å². The van der Waals surface area contributed by atoms with Gasteiger partial charge in [-0.2, -0.15) is 13.2 Å². The molecule has 0 bridgehead atoms. The van der Waals surface area contributed by atoms with E-state index in [9.17, 15) is 23.1 Å².